The van der Waals surface area contributed by atoms with E-state index < -0.39 is 0 Å². The standard InChI is InChI=1S/C17H31N3O/c1-4-9-18-12-17-15(8-11-21-17)13-19-10-7-16(14-19)20(5-2)6-3/h8,11,16,18H,4-7,9-10,12-14H2,1-3H3. The van der Waals surface area contributed by atoms with Crippen LogP contribution in [0.15, 0.2) is 16.7 Å². The van der Waals surface area contributed by atoms with Gasteiger partial charge in [0.05, 0.1) is 12.8 Å². The molecule has 2 heterocycles. The minimum absolute atomic E-state index is 0.730. The number of likely N-dealkylation sites (N-methyl/N-ethyl adjacent to an activating group) is 1. The fourth-order valence-electron chi connectivity index (χ4n) is 3.28. The Morgan fingerprint density at radius 2 is 2.14 bits per heavy atom. The Kier molecular flexibility index (Phi) is 6.74. The molecule has 0 radical (unpaired) electrons. The second kappa shape index (κ2) is 8.57. The topological polar surface area (TPSA) is 31.7 Å². The van der Waals surface area contributed by atoms with E-state index in [4.69, 9.17) is 4.42 Å². The number of rotatable bonds is 9. The molecule has 1 aliphatic heterocycles. The van der Waals surface area contributed by atoms with Crippen LogP contribution in [-0.4, -0.2) is 48.6 Å². The largest absolute Gasteiger partial charge is 0.468 e. The van der Waals surface area contributed by atoms with Crippen LogP contribution in [0.5, 0.6) is 0 Å². The molecule has 1 aromatic rings. The van der Waals surface area contributed by atoms with Gasteiger partial charge in [-0.1, -0.05) is 20.8 Å². The number of hydrogen-bond acceptors (Lipinski definition) is 4. The Morgan fingerprint density at radius 3 is 2.86 bits per heavy atom. The molecule has 1 atom stereocenters. The van der Waals surface area contributed by atoms with Gasteiger partial charge in [0, 0.05) is 31.2 Å². The smallest absolute Gasteiger partial charge is 0.122 e. The third-order valence-corrected chi connectivity index (χ3v) is 4.52. The summed E-state index contributed by atoms with van der Waals surface area (Å²) in [5.74, 6) is 1.11. The summed E-state index contributed by atoms with van der Waals surface area (Å²) in [6.07, 6.45) is 4.28. The van der Waals surface area contributed by atoms with Crippen LogP contribution in [0.2, 0.25) is 0 Å². The van der Waals surface area contributed by atoms with Crippen molar-refractivity contribution in [3.63, 3.8) is 0 Å². The zero-order valence-corrected chi connectivity index (χ0v) is 13.9. The number of nitrogens with zero attached hydrogens (tertiary/aromatic N) is 2. The molecule has 1 N–H and O–H groups in total. The fraction of sp³-hybridized carbons (Fsp3) is 0.765. The maximum atomic E-state index is 5.64. The molecule has 120 valence electrons. The predicted octanol–water partition coefficient (Wildman–Crippen LogP) is 2.70. The number of furan rings is 1. The van der Waals surface area contributed by atoms with E-state index in [2.05, 4.69) is 42.0 Å². The van der Waals surface area contributed by atoms with Crippen LogP contribution in [0.25, 0.3) is 0 Å². The highest BCUT2D eigenvalue weighted by Crippen LogP contribution is 2.20. The van der Waals surface area contributed by atoms with E-state index in [1.807, 2.05) is 6.26 Å². The Bertz CT molecular complexity index is 400. The van der Waals surface area contributed by atoms with Crippen molar-refractivity contribution in [3.05, 3.63) is 23.7 Å². The highest BCUT2D eigenvalue weighted by molar-refractivity contribution is 5.17. The Labute approximate surface area is 129 Å². The van der Waals surface area contributed by atoms with Gasteiger partial charge in [0.1, 0.15) is 5.76 Å². The first kappa shape index (κ1) is 16.5. The van der Waals surface area contributed by atoms with E-state index in [9.17, 15) is 0 Å². The third kappa shape index (κ3) is 4.56. The van der Waals surface area contributed by atoms with Crippen molar-refractivity contribution in [2.45, 2.75) is 52.7 Å². The molecule has 0 spiro atoms. The number of nitrogens with one attached hydrogen (secondary N) is 1. The second-order valence-corrected chi connectivity index (χ2v) is 5.94. The highest BCUT2D eigenvalue weighted by atomic mass is 16.3. The summed E-state index contributed by atoms with van der Waals surface area (Å²) < 4.78 is 5.64. The Morgan fingerprint density at radius 1 is 1.33 bits per heavy atom. The number of hydrogen-bond donors (Lipinski definition) is 1. The molecule has 21 heavy (non-hydrogen) atoms. The van der Waals surface area contributed by atoms with E-state index in [1.54, 1.807) is 0 Å². The summed E-state index contributed by atoms with van der Waals surface area (Å²) in [4.78, 5) is 5.15. The maximum absolute atomic E-state index is 5.64. The van der Waals surface area contributed by atoms with Crippen LogP contribution < -0.4 is 5.32 Å². The molecule has 0 aliphatic carbocycles. The van der Waals surface area contributed by atoms with Crippen molar-refractivity contribution in [2.24, 2.45) is 0 Å². The average Bonchev–Trinajstić information content (AvgIpc) is 3.12. The number of likely N-dealkylation sites (tertiary alicyclic amines) is 1. The second-order valence-electron chi connectivity index (χ2n) is 5.94. The lowest BCUT2D eigenvalue weighted by Crippen LogP contribution is -2.37. The summed E-state index contributed by atoms with van der Waals surface area (Å²) in [6, 6.07) is 2.86. The summed E-state index contributed by atoms with van der Waals surface area (Å²) in [5.41, 5.74) is 1.35. The van der Waals surface area contributed by atoms with Crippen LogP contribution in [0.4, 0.5) is 0 Å². The van der Waals surface area contributed by atoms with E-state index in [1.165, 1.54) is 25.1 Å². The minimum atomic E-state index is 0.730. The lowest BCUT2D eigenvalue weighted by Gasteiger charge is -2.26. The van der Waals surface area contributed by atoms with Gasteiger partial charge in [-0.05, 0) is 38.5 Å². The van der Waals surface area contributed by atoms with Crippen LogP contribution in [0, 0.1) is 0 Å². The van der Waals surface area contributed by atoms with Crippen LogP contribution in [0.1, 0.15) is 44.9 Å². The molecule has 0 aromatic carbocycles. The molecule has 4 heteroatoms. The summed E-state index contributed by atoms with van der Waals surface area (Å²) in [5, 5.41) is 3.43. The monoisotopic (exact) mass is 293 g/mol. The minimum Gasteiger partial charge on any atom is -0.468 e. The molecule has 4 nitrogen and oxygen atoms in total. The van der Waals surface area contributed by atoms with Gasteiger partial charge in [-0.15, -0.1) is 0 Å². The van der Waals surface area contributed by atoms with Crippen molar-refractivity contribution < 1.29 is 4.42 Å². The molecule has 1 aromatic heterocycles. The van der Waals surface area contributed by atoms with Gasteiger partial charge in [-0.25, -0.2) is 0 Å². The third-order valence-electron chi connectivity index (χ3n) is 4.52. The zero-order valence-electron chi connectivity index (χ0n) is 13.9. The van der Waals surface area contributed by atoms with Crippen LogP contribution in [0.3, 0.4) is 0 Å². The van der Waals surface area contributed by atoms with Crippen molar-refractivity contribution in [3.8, 4) is 0 Å². The summed E-state index contributed by atoms with van der Waals surface area (Å²) in [6.45, 7) is 14.4. The normalized spacial score (nSPS) is 19.7. The average molecular weight is 293 g/mol. The van der Waals surface area contributed by atoms with Gasteiger partial charge in [0.25, 0.3) is 0 Å². The van der Waals surface area contributed by atoms with Gasteiger partial charge < -0.3 is 9.73 Å². The van der Waals surface area contributed by atoms with E-state index in [-0.39, 0.29) is 0 Å². The fourth-order valence-corrected chi connectivity index (χ4v) is 3.28. The molecule has 1 aliphatic rings. The van der Waals surface area contributed by atoms with Gasteiger partial charge >= 0.3 is 0 Å². The van der Waals surface area contributed by atoms with Crippen LogP contribution in [-0.2, 0) is 13.1 Å². The van der Waals surface area contributed by atoms with Gasteiger partial charge in [0.2, 0.25) is 0 Å². The lowest BCUT2D eigenvalue weighted by atomic mass is 10.2. The van der Waals surface area contributed by atoms with Crippen molar-refractivity contribution in [1.29, 1.82) is 0 Å². The first-order chi connectivity index (χ1) is 10.3. The molecular weight excluding hydrogens is 262 g/mol. The van der Waals surface area contributed by atoms with Crippen molar-refractivity contribution in [1.82, 2.24) is 15.1 Å². The SMILES string of the molecule is CCCNCc1occc1CN1CCC(N(CC)CC)C1. The molecule has 1 fully saturated rings. The molecule has 2 rings (SSSR count). The first-order valence-electron chi connectivity index (χ1n) is 8.50. The van der Waals surface area contributed by atoms with E-state index in [0.717, 1.165) is 50.9 Å². The van der Waals surface area contributed by atoms with E-state index in [0.29, 0.717) is 0 Å². The lowest BCUT2D eigenvalue weighted by molar-refractivity contribution is 0.208. The van der Waals surface area contributed by atoms with Crippen molar-refractivity contribution >= 4 is 0 Å². The summed E-state index contributed by atoms with van der Waals surface area (Å²) in [7, 11) is 0. The van der Waals surface area contributed by atoms with E-state index >= 15 is 0 Å². The molecule has 1 unspecified atom stereocenters. The maximum Gasteiger partial charge on any atom is 0.122 e. The van der Waals surface area contributed by atoms with Gasteiger partial charge in [-0.3, -0.25) is 9.80 Å². The molecular formula is C17H31N3O. The van der Waals surface area contributed by atoms with Gasteiger partial charge in [0.15, 0.2) is 0 Å². The predicted molar refractivity (Wildman–Crippen MR) is 87.3 cm³/mol. The highest BCUT2D eigenvalue weighted by Gasteiger charge is 2.26. The summed E-state index contributed by atoms with van der Waals surface area (Å²) >= 11 is 0. The molecule has 0 saturated carbocycles. The molecule has 0 amide bonds. The zero-order chi connectivity index (χ0) is 15.1. The van der Waals surface area contributed by atoms with Crippen LogP contribution >= 0.6 is 0 Å². The quantitative estimate of drug-likeness (QED) is 0.709. The Hall–Kier alpha value is -0.840. The molecule has 1 saturated heterocycles. The first-order valence-corrected chi connectivity index (χ1v) is 8.50. The van der Waals surface area contributed by atoms with Gasteiger partial charge in [-0.2, -0.15) is 0 Å². The van der Waals surface area contributed by atoms with Crippen molar-refractivity contribution in [2.75, 3.05) is 32.7 Å². The Balaban J connectivity index is 1.84. The molecule has 0 bridgehead atoms.